The van der Waals surface area contributed by atoms with Crippen molar-refractivity contribution in [3.63, 3.8) is 0 Å². The highest BCUT2D eigenvalue weighted by molar-refractivity contribution is 8.41. The molecule has 0 heterocycles. The van der Waals surface area contributed by atoms with Crippen LogP contribution in [0.3, 0.4) is 0 Å². The largest absolute Gasteiger partial charge is 0.431 e. The molecule has 2 N–H and O–H groups in total. The molecule has 12 heavy (non-hydrogen) atoms. The minimum atomic E-state index is -10.5. The lowest BCUT2D eigenvalue weighted by atomic mass is 11.6. The van der Waals surface area contributed by atoms with Gasteiger partial charge >= 0.3 is 17.3 Å². The molecule has 0 aliphatic heterocycles. The van der Waals surface area contributed by atoms with Gasteiger partial charge in [0.05, 0.1) is 0 Å². The number of alkyl halides is 3. The molecule has 82 valence electrons. The van der Waals surface area contributed by atoms with Gasteiger partial charge < -0.3 is 5.48 Å². The smallest absolute Gasteiger partial charge is 0.412 e. The summed E-state index contributed by atoms with van der Waals surface area (Å²) < 4.78 is 88.1. The first-order valence-electron chi connectivity index (χ1n) is 1.58. The van der Waals surface area contributed by atoms with Crippen molar-refractivity contribution in [2.75, 3.05) is 0 Å². The van der Waals surface area contributed by atoms with Gasteiger partial charge in [0.1, 0.15) is 0 Å². The van der Waals surface area contributed by atoms with Crippen molar-refractivity contribution in [2.24, 2.45) is 0 Å². The molecule has 0 atom stereocenters. The third-order valence-electron chi connectivity index (χ3n) is 0. The van der Waals surface area contributed by atoms with Crippen LogP contribution in [-0.2, 0) is 0 Å². The highest BCUT2D eigenvalue weighted by Gasteiger charge is 2.64. The molecule has 0 aromatic rings. The van der Waals surface area contributed by atoms with Crippen LogP contribution in [0, 0.1) is 0 Å². The summed E-state index contributed by atoms with van der Waals surface area (Å²) in [5.74, 6) is 0. The van der Waals surface area contributed by atoms with Gasteiger partial charge in [0.25, 0.3) is 0 Å². The average Bonchev–Trinajstić information content (AvgIpc) is 1.11. The molecule has 0 fully saturated rings. The van der Waals surface area contributed by atoms with Gasteiger partial charge in [-0.15, -0.1) is 0 Å². The molecule has 0 aromatic heterocycles. The Morgan fingerprint density at radius 2 is 0.667 bits per heavy atom. The van der Waals surface area contributed by atoms with Crippen LogP contribution in [0.4, 0.5) is 36.5 Å². The first-order valence-corrected chi connectivity index (χ1v) is 3.43. The Kier molecular flexibility index (Phi) is 4.72. The predicted molar refractivity (Wildman–Crippen MR) is 25.0 cm³/mol. The minimum Gasteiger partial charge on any atom is -0.412 e. The second-order valence-corrected chi connectivity index (χ2v) is 2.87. The second kappa shape index (κ2) is 3.20. The molecule has 0 spiro atoms. The second-order valence-electron chi connectivity index (χ2n) is 1.12. The molecule has 0 radical (unpaired) electrons. The van der Waals surface area contributed by atoms with Crippen LogP contribution in [-0.4, -0.2) is 12.2 Å². The van der Waals surface area contributed by atoms with Crippen molar-refractivity contribution in [3.8, 4) is 0 Å². The fourth-order valence-corrected chi connectivity index (χ4v) is 0. The average molecular weight is 234 g/mol. The molecule has 0 aliphatic rings. The van der Waals surface area contributed by atoms with Crippen LogP contribution >= 0.6 is 10.6 Å². The molecule has 0 saturated carbocycles. The molecule has 0 saturated heterocycles. The van der Waals surface area contributed by atoms with Crippen LogP contribution in [0.2, 0.25) is 0 Å². The predicted octanol–water partition coefficient (Wildman–Crippen LogP) is 3.52. The molecule has 0 aliphatic carbocycles. The Morgan fingerprint density at radius 3 is 0.667 bits per heavy atom. The zero-order chi connectivity index (χ0) is 9.99. The van der Waals surface area contributed by atoms with Crippen LogP contribution in [0.1, 0.15) is 0 Å². The van der Waals surface area contributed by atoms with E-state index >= 15 is 0 Å². The van der Waals surface area contributed by atoms with E-state index in [9.17, 15) is 36.5 Å². The lowest BCUT2D eigenvalue weighted by Crippen LogP contribution is -1.92. The van der Waals surface area contributed by atoms with Crippen LogP contribution < -0.4 is 0 Å². The van der Waals surface area contributed by atoms with Crippen LogP contribution in [0.5, 0.6) is 0 Å². The monoisotopic (exact) mass is 234 g/mol. The summed E-state index contributed by atoms with van der Waals surface area (Å²) in [5.41, 5.74) is 0. The van der Waals surface area contributed by atoms with Gasteiger partial charge in [-0.1, -0.05) is 23.3 Å². The molecule has 11 heteroatoms. The van der Waals surface area contributed by atoms with Crippen LogP contribution in [0.25, 0.3) is 0 Å². The van der Waals surface area contributed by atoms with Gasteiger partial charge in [-0.25, -0.2) is 0 Å². The summed E-state index contributed by atoms with van der Waals surface area (Å²) in [6.07, 6.45) is 0. The summed E-state index contributed by atoms with van der Waals surface area (Å²) in [7, 11) is -10.5. The maximum absolute atomic E-state index is 10.5. The summed E-state index contributed by atoms with van der Waals surface area (Å²) in [5, 5.41) is 0. The van der Waals surface area contributed by atoms with Gasteiger partial charge in [0.15, 0.2) is 0 Å². The first kappa shape index (κ1) is 17.7. The van der Waals surface area contributed by atoms with Crippen molar-refractivity contribution in [2.45, 2.75) is 6.68 Å². The Morgan fingerprint density at radius 1 is 0.667 bits per heavy atom. The highest BCUT2D eigenvalue weighted by Crippen LogP contribution is 2.99. The summed E-state index contributed by atoms with van der Waals surface area (Å²) in [6.45, 7) is -3.67. The van der Waals surface area contributed by atoms with Gasteiger partial charge in [0, 0.05) is 0 Å². The zero-order valence-corrected chi connectivity index (χ0v) is 5.70. The van der Waals surface area contributed by atoms with E-state index in [1.54, 1.807) is 0 Å². The number of halogens is 9. The Labute approximate surface area is 60.5 Å². The van der Waals surface area contributed by atoms with Gasteiger partial charge in [-0.3, -0.25) is 0 Å². The third kappa shape index (κ3) is 7120. The quantitative estimate of drug-likeness (QED) is 0.574. The molecular weight excluding hydrogens is 231 g/mol. The Hall–Kier alpha value is -0.320. The number of hydrogen-bond donors (Lipinski definition) is 0. The van der Waals surface area contributed by atoms with E-state index in [1.807, 2.05) is 0 Å². The van der Waals surface area contributed by atoms with Crippen molar-refractivity contribution < 1.29 is 42.0 Å². The molecular formula is CH3F9OS. The van der Waals surface area contributed by atoms with Gasteiger partial charge in [-0.05, 0) is 0 Å². The Bertz CT molecular complexity index is 101. The van der Waals surface area contributed by atoms with E-state index in [0.717, 1.165) is 0 Å². The standard InChI is InChI=1S/CHF3.F6S.H2O/c2-1(3)4;1-7(2,3,4,5)6;/h1H;;1H2. The van der Waals surface area contributed by atoms with Crippen molar-refractivity contribution in [3.05, 3.63) is 0 Å². The normalized spacial score (nSPS) is 16.5. The molecule has 0 amide bonds. The van der Waals surface area contributed by atoms with E-state index in [1.165, 1.54) is 0 Å². The fourth-order valence-electron chi connectivity index (χ4n) is 0. The summed E-state index contributed by atoms with van der Waals surface area (Å²) >= 11 is 0. The Balaban J connectivity index is -0.000000142. The number of rotatable bonds is 0. The van der Waals surface area contributed by atoms with E-state index in [4.69, 9.17) is 0 Å². The number of hydrogen-bond acceptors (Lipinski definition) is 0. The maximum Gasteiger partial charge on any atom is 0.431 e. The van der Waals surface area contributed by atoms with E-state index in [0.29, 0.717) is 0 Å². The maximum atomic E-state index is 9.85. The van der Waals surface area contributed by atoms with E-state index in [2.05, 4.69) is 0 Å². The minimum absolute atomic E-state index is 0. The van der Waals surface area contributed by atoms with Crippen molar-refractivity contribution >= 4 is 10.6 Å². The van der Waals surface area contributed by atoms with E-state index < -0.39 is 17.3 Å². The van der Waals surface area contributed by atoms with Crippen LogP contribution in [0.15, 0.2) is 0 Å². The zero-order valence-electron chi connectivity index (χ0n) is 4.89. The van der Waals surface area contributed by atoms with Crippen molar-refractivity contribution in [1.29, 1.82) is 0 Å². The molecule has 0 unspecified atom stereocenters. The molecule has 0 aromatic carbocycles. The SMILES string of the molecule is FC(F)F.FS(F)(F)(F)(F)F.O. The third-order valence-corrected chi connectivity index (χ3v) is 0. The topological polar surface area (TPSA) is 31.5 Å². The lowest BCUT2D eigenvalue weighted by Gasteiger charge is -2.28. The molecule has 0 bridgehead atoms. The fraction of sp³-hybridized carbons (Fsp3) is 1.00. The van der Waals surface area contributed by atoms with Gasteiger partial charge in [-0.2, -0.15) is 13.2 Å². The molecule has 1 nitrogen and oxygen atoms in total. The lowest BCUT2D eigenvalue weighted by molar-refractivity contribution is 0.00818. The summed E-state index contributed by atoms with van der Waals surface area (Å²) in [4.78, 5) is 0. The first-order chi connectivity index (χ1) is 4.18. The molecule has 0 rings (SSSR count). The highest BCUT2D eigenvalue weighted by atomic mass is 32.5. The van der Waals surface area contributed by atoms with Crippen molar-refractivity contribution in [1.82, 2.24) is 0 Å². The van der Waals surface area contributed by atoms with Gasteiger partial charge in [0.2, 0.25) is 0 Å². The summed E-state index contributed by atoms with van der Waals surface area (Å²) in [6, 6.07) is 0. The van der Waals surface area contributed by atoms with E-state index in [-0.39, 0.29) is 5.48 Å².